The first-order valence-corrected chi connectivity index (χ1v) is 14.8. The van der Waals surface area contributed by atoms with Crippen LogP contribution in [0, 0.1) is 5.95 Å². The van der Waals surface area contributed by atoms with E-state index in [4.69, 9.17) is 16.3 Å². The van der Waals surface area contributed by atoms with Crippen LogP contribution in [0.15, 0.2) is 58.6 Å². The first-order chi connectivity index (χ1) is 21.2. The molecule has 6 rings (SSSR count). The highest BCUT2D eigenvalue weighted by molar-refractivity contribution is 6.32. The highest BCUT2D eigenvalue weighted by Gasteiger charge is 2.38. The number of alkyl halides is 1. The molecular formula is C31H32ClF2N7O4. The summed E-state index contributed by atoms with van der Waals surface area (Å²) >= 11 is 6.51. The largest absolute Gasteiger partial charge is 0.444 e. The van der Waals surface area contributed by atoms with Crippen LogP contribution in [0.25, 0.3) is 27.7 Å². The lowest BCUT2D eigenvalue weighted by Crippen LogP contribution is -2.47. The van der Waals surface area contributed by atoms with Crippen LogP contribution in [0.5, 0.6) is 0 Å². The fourth-order valence-electron chi connectivity index (χ4n) is 5.76. The fraction of sp³-hybridized carbons (Fsp3) is 0.387. The van der Waals surface area contributed by atoms with E-state index < -0.39 is 34.6 Å². The Hall–Kier alpha value is -4.52. The number of benzene rings is 1. The second-order valence-electron chi connectivity index (χ2n) is 12.5. The van der Waals surface area contributed by atoms with Crippen LogP contribution in [0.4, 0.5) is 13.6 Å². The molecule has 0 saturated carbocycles. The second kappa shape index (κ2) is 11.1. The number of carbonyl (C=O) groups is 1. The van der Waals surface area contributed by atoms with Gasteiger partial charge in [-0.05, 0) is 45.0 Å². The minimum absolute atomic E-state index is 0.00943. The number of hydrogen-bond donors (Lipinski definition) is 0. The Kier molecular flexibility index (Phi) is 7.54. The highest BCUT2D eigenvalue weighted by atomic mass is 35.5. The predicted octanol–water partition coefficient (Wildman–Crippen LogP) is 4.79. The van der Waals surface area contributed by atoms with Crippen LogP contribution < -0.4 is 11.2 Å². The summed E-state index contributed by atoms with van der Waals surface area (Å²) in [5.41, 5.74) is -1.55. The molecule has 1 amide bonds. The molecule has 1 aromatic carbocycles. The van der Waals surface area contributed by atoms with E-state index in [9.17, 15) is 14.4 Å². The van der Waals surface area contributed by atoms with Crippen molar-refractivity contribution in [2.45, 2.75) is 58.0 Å². The van der Waals surface area contributed by atoms with Crippen LogP contribution in [-0.2, 0) is 24.9 Å². The van der Waals surface area contributed by atoms with Gasteiger partial charge in [-0.15, -0.1) is 0 Å². The van der Waals surface area contributed by atoms with E-state index in [0.717, 1.165) is 14.5 Å². The van der Waals surface area contributed by atoms with Gasteiger partial charge in [-0.1, -0.05) is 11.6 Å². The molecular weight excluding hydrogens is 608 g/mol. The Morgan fingerprint density at radius 2 is 1.84 bits per heavy atom. The first-order valence-electron chi connectivity index (χ1n) is 14.5. The molecule has 0 aliphatic carbocycles. The van der Waals surface area contributed by atoms with E-state index in [2.05, 4.69) is 10.1 Å². The molecule has 0 spiro atoms. The second-order valence-corrected chi connectivity index (χ2v) is 12.9. The number of hydrogen-bond acceptors (Lipinski definition) is 6. The summed E-state index contributed by atoms with van der Waals surface area (Å²) in [4.78, 5) is 43.5. The van der Waals surface area contributed by atoms with Gasteiger partial charge in [0.05, 0.1) is 24.1 Å². The minimum atomic E-state index is -1.61. The van der Waals surface area contributed by atoms with E-state index in [-0.39, 0.29) is 50.1 Å². The predicted molar refractivity (Wildman–Crippen MR) is 165 cm³/mol. The third-order valence-electron chi connectivity index (χ3n) is 8.00. The maximum atomic E-state index is 16.3. The van der Waals surface area contributed by atoms with Crippen LogP contribution in [-0.4, -0.2) is 63.7 Å². The summed E-state index contributed by atoms with van der Waals surface area (Å²) in [5.74, 6) is -0.750. The summed E-state index contributed by atoms with van der Waals surface area (Å²) in [6, 6.07) is 7.99. The third kappa shape index (κ3) is 5.84. The van der Waals surface area contributed by atoms with Crippen molar-refractivity contribution in [1.82, 2.24) is 33.2 Å². The number of piperidine rings is 1. The van der Waals surface area contributed by atoms with Crippen LogP contribution in [0.3, 0.4) is 0 Å². The van der Waals surface area contributed by atoms with Crippen molar-refractivity contribution in [3.8, 4) is 11.3 Å². The molecule has 0 atom stereocenters. The SMILES string of the molecule is Cn1ccc(=O)n(Cc2cc3c(-c4cc(Cl)cc5ccn(CC6(F)CCN(C(=O)OC(C)(C)C)CC6)c45)ncnn3c2F)c1=O. The lowest BCUT2D eigenvalue weighted by atomic mass is 9.93. The van der Waals surface area contributed by atoms with E-state index in [1.54, 1.807) is 43.7 Å². The molecule has 236 valence electrons. The molecule has 4 aromatic heterocycles. The molecule has 1 saturated heterocycles. The fourth-order valence-corrected chi connectivity index (χ4v) is 5.99. The topological polar surface area (TPSA) is 109 Å². The van der Waals surface area contributed by atoms with Crippen molar-refractivity contribution in [3.05, 3.63) is 86.4 Å². The zero-order valence-electron chi connectivity index (χ0n) is 25.3. The number of nitrogens with zero attached hydrogens (tertiary/aromatic N) is 7. The van der Waals surface area contributed by atoms with Gasteiger partial charge in [-0.2, -0.15) is 9.49 Å². The molecule has 5 heterocycles. The van der Waals surface area contributed by atoms with Crippen LogP contribution >= 0.6 is 11.6 Å². The van der Waals surface area contributed by atoms with Crippen molar-refractivity contribution < 1.29 is 18.3 Å². The standard InChI is InChI=1S/C31H32ClF2N7O4/c1-30(2,3)45-29(44)38-11-7-31(34,8-12-38)17-39-10-5-19-13-21(32)15-22(26(19)39)25-23-14-20(27(33)41(23)36-18-35-25)16-40-24(42)6-9-37(4)28(40)43/h5-6,9-10,13-15,18H,7-8,11-12,16-17H2,1-4H3. The van der Waals surface area contributed by atoms with Gasteiger partial charge in [-0.3, -0.25) is 9.36 Å². The monoisotopic (exact) mass is 639 g/mol. The summed E-state index contributed by atoms with van der Waals surface area (Å²) in [6.45, 7) is 5.50. The van der Waals surface area contributed by atoms with E-state index >= 15 is 8.78 Å². The van der Waals surface area contributed by atoms with Crippen LogP contribution in [0.1, 0.15) is 39.2 Å². The Balaban J connectivity index is 1.36. The average Bonchev–Trinajstić information content (AvgIpc) is 3.51. The number of rotatable bonds is 5. The molecule has 0 radical (unpaired) electrons. The molecule has 1 fully saturated rings. The van der Waals surface area contributed by atoms with Gasteiger partial charge in [0.25, 0.3) is 5.56 Å². The first kappa shape index (κ1) is 30.5. The van der Waals surface area contributed by atoms with Crippen molar-refractivity contribution in [1.29, 1.82) is 0 Å². The number of amides is 1. The summed E-state index contributed by atoms with van der Waals surface area (Å²) in [5, 5.41) is 5.20. The molecule has 1 aliphatic rings. The van der Waals surface area contributed by atoms with Gasteiger partial charge in [0.1, 0.15) is 23.3 Å². The maximum Gasteiger partial charge on any atom is 0.410 e. The number of halogens is 3. The van der Waals surface area contributed by atoms with Gasteiger partial charge >= 0.3 is 11.8 Å². The lowest BCUT2D eigenvalue weighted by Gasteiger charge is -2.37. The quantitative estimate of drug-likeness (QED) is 0.274. The minimum Gasteiger partial charge on any atom is -0.444 e. The number of ether oxygens (including phenoxy) is 1. The summed E-state index contributed by atoms with van der Waals surface area (Å²) in [7, 11) is 1.50. The van der Waals surface area contributed by atoms with Crippen LogP contribution in [0.2, 0.25) is 5.02 Å². The number of fused-ring (bicyclic) bond motifs is 2. The normalized spacial score (nSPS) is 15.2. The number of likely N-dealkylation sites (tertiary alicyclic amines) is 1. The number of aromatic nitrogens is 6. The van der Waals surface area contributed by atoms with E-state index in [1.807, 2.05) is 6.07 Å². The number of carbonyl (C=O) groups excluding carboxylic acids is 1. The smallest absolute Gasteiger partial charge is 0.410 e. The van der Waals surface area contributed by atoms with Crippen molar-refractivity contribution >= 4 is 34.1 Å². The molecule has 0 N–H and O–H groups in total. The van der Waals surface area contributed by atoms with Gasteiger partial charge < -0.3 is 18.8 Å². The molecule has 5 aromatic rings. The van der Waals surface area contributed by atoms with Gasteiger partial charge in [0, 0.05) is 73.0 Å². The van der Waals surface area contributed by atoms with Gasteiger partial charge in [0.2, 0.25) is 5.95 Å². The zero-order chi connectivity index (χ0) is 32.3. The van der Waals surface area contributed by atoms with E-state index in [1.165, 1.54) is 41.2 Å². The highest BCUT2D eigenvalue weighted by Crippen LogP contribution is 2.37. The van der Waals surface area contributed by atoms with Gasteiger partial charge in [0.15, 0.2) is 0 Å². The van der Waals surface area contributed by atoms with Crippen molar-refractivity contribution in [2.75, 3.05) is 13.1 Å². The number of aryl methyl sites for hydroxylation is 1. The molecule has 0 unspecified atom stereocenters. The summed E-state index contributed by atoms with van der Waals surface area (Å²) < 4.78 is 42.4. The Morgan fingerprint density at radius 3 is 2.56 bits per heavy atom. The molecule has 45 heavy (non-hydrogen) atoms. The molecule has 11 nitrogen and oxygen atoms in total. The maximum absolute atomic E-state index is 16.3. The Morgan fingerprint density at radius 1 is 1.11 bits per heavy atom. The van der Waals surface area contributed by atoms with E-state index in [0.29, 0.717) is 21.8 Å². The molecule has 14 heteroatoms. The average molecular weight is 640 g/mol. The lowest BCUT2D eigenvalue weighted by molar-refractivity contribution is -0.000255. The Labute approximate surface area is 261 Å². The molecule has 1 aliphatic heterocycles. The third-order valence-corrected chi connectivity index (χ3v) is 8.22. The van der Waals surface area contributed by atoms with Crippen molar-refractivity contribution in [3.63, 3.8) is 0 Å². The van der Waals surface area contributed by atoms with Gasteiger partial charge in [-0.25, -0.2) is 23.5 Å². The Bertz CT molecular complexity index is 2070. The van der Waals surface area contributed by atoms with Crippen molar-refractivity contribution in [2.24, 2.45) is 7.05 Å². The summed E-state index contributed by atoms with van der Waals surface area (Å²) in [6.07, 6.45) is 4.11. The molecule has 0 bridgehead atoms. The zero-order valence-corrected chi connectivity index (χ0v) is 26.0.